The second kappa shape index (κ2) is 12.7. The molecule has 2 amide bonds. The molecule has 6 rings (SSSR count). The fraction of sp³-hybridized carbons (Fsp3) is 0.257. The molecular weight excluding hydrogens is 552 g/mol. The molecule has 0 aliphatic carbocycles. The second-order valence-electron chi connectivity index (χ2n) is 11.2. The van der Waals surface area contributed by atoms with Gasteiger partial charge in [-0.3, -0.25) is 24.0 Å². The lowest BCUT2D eigenvalue weighted by Crippen LogP contribution is -2.36. The van der Waals surface area contributed by atoms with Gasteiger partial charge in [0.2, 0.25) is 5.91 Å². The van der Waals surface area contributed by atoms with Gasteiger partial charge in [-0.15, -0.1) is 0 Å². The average molecular weight is 589 g/mol. The Bertz CT molecular complexity index is 1850. The van der Waals surface area contributed by atoms with E-state index >= 15 is 0 Å². The molecule has 3 N–H and O–H groups in total. The number of piperidine rings is 1. The average Bonchev–Trinajstić information content (AvgIpc) is 3.40. The number of H-pyrrole nitrogens is 1. The number of anilines is 1. The first-order valence-electron chi connectivity index (χ1n) is 15.1. The lowest BCUT2D eigenvalue weighted by atomic mass is 9.97. The van der Waals surface area contributed by atoms with Gasteiger partial charge >= 0.3 is 5.69 Å². The Labute approximate surface area is 255 Å². The van der Waals surface area contributed by atoms with Gasteiger partial charge in [-0.2, -0.15) is 0 Å². The molecule has 3 aromatic carbocycles. The van der Waals surface area contributed by atoms with E-state index < -0.39 is 0 Å². The van der Waals surface area contributed by atoms with Crippen LogP contribution in [0.2, 0.25) is 0 Å². The van der Waals surface area contributed by atoms with Crippen molar-refractivity contribution in [3.05, 3.63) is 107 Å². The zero-order chi connectivity index (χ0) is 30.6. The first kappa shape index (κ1) is 29.1. The smallest absolute Gasteiger partial charge is 0.326 e. The van der Waals surface area contributed by atoms with Crippen LogP contribution in [0.5, 0.6) is 0 Å². The minimum Gasteiger partial charge on any atom is -0.355 e. The van der Waals surface area contributed by atoms with Crippen molar-refractivity contribution >= 4 is 28.5 Å². The van der Waals surface area contributed by atoms with Crippen LogP contribution in [0.25, 0.3) is 33.4 Å². The zero-order valence-electron chi connectivity index (χ0n) is 25.0. The number of hydrogen-bond acceptors (Lipinski definition) is 5. The molecule has 9 heteroatoms. The number of nitrogens with one attached hydrogen (secondary N) is 3. The van der Waals surface area contributed by atoms with Crippen LogP contribution >= 0.6 is 0 Å². The molecule has 5 aromatic rings. The molecule has 224 valence electrons. The van der Waals surface area contributed by atoms with Crippen LogP contribution in [-0.4, -0.2) is 51.4 Å². The minimum atomic E-state index is -0.167. The quantitative estimate of drug-likeness (QED) is 0.218. The number of fused-ring (bicyclic) bond motifs is 1. The molecule has 44 heavy (non-hydrogen) atoms. The molecule has 1 aliphatic heterocycles. The fourth-order valence-corrected chi connectivity index (χ4v) is 5.97. The highest BCUT2D eigenvalue weighted by Crippen LogP contribution is 2.32. The Balaban J connectivity index is 1.15. The predicted octanol–water partition coefficient (Wildman–Crippen LogP) is 5.60. The van der Waals surface area contributed by atoms with Crippen molar-refractivity contribution in [1.29, 1.82) is 0 Å². The maximum atomic E-state index is 12.9. The Hall–Kier alpha value is -5.02. The van der Waals surface area contributed by atoms with E-state index in [4.69, 9.17) is 4.98 Å². The molecule has 1 aliphatic rings. The Morgan fingerprint density at radius 1 is 0.955 bits per heavy atom. The summed E-state index contributed by atoms with van der Waals surface area (Å²) in [5.41, 5.74) is 7.65. The zero-order valence-corrected chi connectivity index (χ0v) is 25.0. The number of imidazole rings is 1. The van der Waals surface area contributed by atoms with E-state index in [0.29, 0.717) is 17.7 Å². The number of likely N-dealkylation sites (tertiary alicyclic amines) is 1. The summed E-state index contributed by atoms with van der Waals surface area (Å²) in [5.74, 6) is -0.220. The van der Waals surface area contributed by atoms with Gasteiger partial charge in [0, 0.05) is 62.2 Å². The monoisotopic (exact) mass is 588 g/mol. The Kier molecular flexibility index (Phi) is 8.38. The molecular formula is C35H36N6O3. The largest absolute Gasteiger partial charge is 0.355 e. The molecule has 0 spiro atoms. The summed E-state index contributed by atoms with van der Waals surface area (Å²) in [6.07, 6.45) is 3.74. The normalized spacial score (nSPS) is 14.0. The maximum absolute atomic E-state index is 12.9. The highest BCUT2D eigenvalue weighted by Gasteiger charge is 2.24. The van der Waals surface area contributed by atoms with Crippen molar-refractivity contribution in [3.8, 4) is 22.4 Å². The van der Waals surface area contributed by atoms with Crippen molar-refractivity contribution < 1.29 is 9.59 Å². The number of amides is 2. The van der Waals surface area contributed by atoms with Gasteiger partial charge in [0.25, 0.3) is 5.91 Å². The lowest BCUT2D eigenvalue weighted by Gasteiger charge is -2.32. The highest BCUT2D eigenvalue weighted by molar-refractivity contribution is 5.96. The van der Waals surface area contributed by atoms with Crippen LogP contribution in [0.1, 0.15) is 48.1 Å². The van der Waals surface area contributed by atoms with Crippen LogP contribution < -0.4 is 16.3 Å². The van der Waals surface area contributed by atoms with E-state index in [1.807, 2.05) is 66.1 Å². The number of carbonyl (C=O) groups is 2. The van der Waals surface area contributed by atoms with Gasteiger partial charge in [0.15, 0.2) is 0 Å². The molecule has 0 saturated carbocycles. The molecule has 1 fully saturated rings. The minimum absolute atomic E-state index is 0.0538. The van der Waals surface area contributed by atoms with Gasteiger partial charge in [-0.1, -0.05) is 61.5 Å². The highest BCUT2D eigenvalue weighted by atomic mass is 16.2. The second-order valence-corrected chi connectivity index (χ2v) is 11.2. The predicted molar refractivity (Wildman–Crippen MR) is 174 cm³/mol. The van der Waals surface area contributed by atoms with Crippen LogP contribution in [0, 0.1) is 0 Å². The third-order valence-corrected chi connectivity index (χ3v) is 8.34. The topological polar surface area (TPSA) is 112 Å². The summed E-state index contributed by atoms with van der Waals surface area (Å²) in [6, 6.07) is 26.0. The van der Waals surface area contributed by atoms with Crippen LogP contribution in [0.3, 0.4) is 0 Å². The Morgan fingerprint density at radius 3 is 2.41 bits per heavy atom. The summed E-state index contributed by atoms with van der Waals surface area (Å²) in [4.78, 5) is 47.2. The summed E-state index contributed by atoms with van der Waals surface area (Å²) in [7, 11) is 1.62. The van der Waals surface area contributed by atoms with Gasteiger partial charge in [-0.05, 0) is 48.2 Å². The molecule has 3 heterocycles. The van der Waals surface area contributed by atoms with Gasteiger partial charge in [0.05, 0.1) is 22.3 Å². The number of pyridine rings is 1. The number of rotatable bonds is 8. The number of aromatic amines is 1. The van der Waals surface area contributed by atoms with E-state index in [1.165, 1.54) is 5.56 Å². The van der Waals surface area contributed by atoms with Gasteiger partial charge in [0.1, 0.15) is 0 Å². The molecule has 0 atom stereocenters. The molecule has 0 bridgehead atoms. The van der Waals surface area contributed by atoms with E-state index in [9.17, 15) is 14.4 Å². The van der Waals surface area contributed by atoms with E-state index in [0.717, 1.165) is 65.9 Å². The van der Waals surface area contributed by atoms with Crippen molar-refractivity contribution in [2.75, 3.05) is 25.5 Å². The molecule has 0 radical (unpaired) electrons. The number of aromatic nitrogens is 3. The van der Waals surface area contributed by atoms with Crippen molar-refractivity contribution in [2.45, 2.75) is 38.8 Å². The third-order valence-electron chi connectivity index (χ3n) is 8.34. The number of nitrogens with zero attached hydrogens (tertiary/aromatic N) is 3. The molecule has 1 saturated heterocycles. The van der Waals surface area contributed by atoms with E-state index in [-0.39, 0.29) is 23.5 Å². The van der Waals surface area contributed by atoms with Crippen molar-refractivity contribution in [1.82, 2.24) is 24.8 Å². The molecule has 0 unspecified atom stereocenters. The van der Waals surface area contributed by atoms with Gasteiger partial charge < -0.3 is 15.6 Å². The van der Waals surface area contributed by atoms with E-state index in [1.54, 1.807) is 13.2 Å². The van der Waals surface area contributed by atoms with Crippen LogP contribution in [-0.2, 0) is 11.3 Å². The number of hydrogen-bond donors (Lipinski definition) is 3. The summed E-state index contributed by atoms with van der Waals surface area (Å²) in [6.45, 7) is 4.38. The number of benzene rings is 3. The standard InChI is InChI=1S/C35H36N6O3/c1-3-32(42)38-27-13-14-30-31(20-27)41(35(44)39-30)28-15-17-40(18-16-28)22-23-9-11-25(12-10-23)33-29(24-7-5-4-6-8-24)19-26(21-37-33)34(43)36-2/h4-14,19-21,28H,3,15-18,22H2,1-2H3,(H,36,43)(H,38,42)(H,39,44). The molecule has 2 aromatic heterocycles. The summed E-state index contributed by atoms with van der Waals surface area (Å²) >= 11 is 0. The first-order chi connectivity index (χ1) is 21.4. The Morgan fingerprint density at radius 2 is 1.70 bits per heavy atom. The first-order valence-corrected chi connectivity index (χ1v) is 15.1. The van der Waals surface area contributed by atoms with Crippen molar-refractivity contribution in [2.24, 2.45) is 0 Å². The lowest BCUT2D eigenvalue weighted by molar-refractivity contribution is -0.115. The summed E-state index contributed by atoms with van der Waals surface area (Å²) < 4.78 is 1.86. The fourth-order valence-electron chi connectivity index (χ4n) is 5.97. The third kappa shape index (κ3) is 6.05. The van der Waals surface area contributed by atoms with Crippen LogP contribution in [0.15, 0.2) is 89.9 Å². The molecule has 9 nitrogen and oxygen atoms in total. The van der Waals surface area contributed by atoms with Crippen molar-refractivity contribution in [3.63, 3.8) is 0 Å². The SMILES string of the molecule is CCC(=O)Nc1ccc2[nH]c(=O)n(C3CCN(Cc4ccc(-c5ncc(C(=O)NC)cc5-c5ccccc5)cc4)CC3)c2c1. The van der Waals surface area contributed by atoms with E-state index in [2.05, 4.69) is 44.8 Å². The van der Waals surface area contributed by atoms with Gasteiger partial charge in [-0.25, -0.2) is 4.79 Å². The number of carbonyl (C=O) groups excluding carboxylic acids is 2. The van der Waals surface area contributed by atoms with Crippen LogP contribution in [0.4, 0.5) is 5.69 Å². The maximum Gasteiger partial charge on any atom is 0.326 e. The summed E-state index contributed by atoms with van der Waals surface area (Å²) in [5, 5.41) is 5.58.